The van der Waals surface area contributed by atoms with Crippen molar-refractivity contribution in [2.75, 3.05) is 6.61 Å². The summed E-state index contributed by atoms with van der Waals surface area (Å²) < 4.78 is 38.7. The van der Waals surface area contributed by atoms with Gasteiger partial charge in [-0.25, -0.2) is 8.78 Å². The maximum absolute atomic E-state index is 13.6. The topological polar surface area (TPSA) is 83.0 Å². The van der Waals surface area contributed by atoms with Crippen LogP contribution in [-0.4, -0.2) is 32.5 Å². The van der Waals surface area contributed by atoms with Gasteiger partial charge in [0, 0.05) is 0 Å². The van der Waals surface area contributed by atoms with Crippen LogP contribution in [0.2, 0.25) is 0 Å². The number of esters is 1. The number of halogens is 2. The van der Waals surface area contributed by atoms with Crippen molar-refractivity contribution in [2.24, 2.45) is 0 Å². The molecule has 1 aliphatic rings. The normalized spacial score (nSPS) is 14.7. The number of hydrogen-bond donors (Lipinski definition) is 0. The van der Waals surface area contributed by atoms with Crippen molar-refractivity contribution in [3.8, 4) is 11.6 Å². The van der Waals surface area contributed by atoms with Crippen LogP contribution in [0, 0.1) is 6.92 Å². The van der Waals surface area contributed by atoms with Crippen molar-refractivity contribution in [1.29, 1.82) is 0 Å². The van der Waals surface area contributed by atoms with Gasteiger partial charge in [0.1, 0.15) is 5.69 Å². The van der Waals surface area contributed by atoms with Crippen LogP contribution < -0.4 is 0 Å². The highest BCUT2D eigenvalue weighted by Gasteiger charge is 2.50. The number of carbonyl (C=O) groups is 1. The van der Waals surface area contributed by atoms with Gasteiger partial charge in [0.15, 0.2) is 11.5 Å². The number of benzene rings is 1. The Morgan fingerprint density at radius 1 is 1.31 bits per heavy atom. The van der Waals surface area contributed by atoms with Crippen LogP contribution in [0.4, 0.5) is 8.78 Å². The van der Waals surface area contributed by atoms with Gasteiger partial charge in [-0.1, -0.05) is 42.8 Å². The molecule has 9 heteroatoms. The lowest BCUT2D eigenvalue weighted by Crippen LogP contribution is -2.13. The Labute approximate surface area is 184 Å². The van der Waals surface area contributed by atoms with E-state index in [9.17, 15) is 13.6 Å². The first kappa shape index (κ1) is 22.1. The van der Waals surface area contributed by atoms with Crippen LogP contribution >= 0.6 is 0 Å². The van der Waals surface area contributed by atoms with Gasteiger partial charge in [0.25, 0.3) is 12.3 Å². The second-order valence-corrected chi connectivity index (χ2v) is 8.12. The molecule has 7 nitrogen and oxygen atoms in total. The molecule has 170 valence electrons. The summed E-state index contributed by atoms with van der Waals surface area (Å²) >= 11 is 0. The Morgan fingerprint density at radius 2 is 2.09 bits per heavy atom. The van der Waals surface area contributed by atoms with Gasteiger partial charge in [-0.2, -0.15) is 10.1 Å². The van der Waals surface area contributed by atoms with Crippen molar-refractivity contribution in [3.63, 3.8) is 0 Å². The predicted molar refractivity (Wildman–Crippen MR) is 112 cm³/mol. The Morgan fingerprint density at radius 3 is 2.78 bits per heavy atom. The lowest BCUT2D eigenvalue weighted by Gasteiger charge is -2.13. The molecule has 0 amide bonds. The molecule has 0 bridgehead atoms. The number of rotatable bonds is 10. The molecule has 0 atom stereocenters. The van der Waals surface area contributed by atoms with E-state index in [1.54, 1.807) is 0 Å². The summed E-state index contributed by atoms with van der Waals surface area (Å²) in [4.78, 5) is 16.3. The fourth-order valence-corrected chi connectivity index (χ4v) is 3.86. The third-order valence-corrected chi connectivity index (χ3v) is 5.81. The zero-order valence-electron chi connectivity index (χ0n) is 18.2. The monoisotopic (exact) mass is 444 g/mol. The van der Waals surface area contributed by atoms with Gasteiger partial charge in [0.2, 0.25) is 0 Å². The first-order valence-electron chi connectivity index (χ1n) is 10.9. The minimum absolute atomic E-state index is 0.0151. The van der Waals surface area contributed by atoms with Crippen LogP contribution in [-0.2, 0) is 21.5 Å². The summed E-state index contributed by atoms with van der Waals surface area (Å²) in [6.07, 6.45) is 0.667. The van der Waals surface area contributed by atoms with Crippen LogP contribution in [0.25, 0.3) is 11.6 Å². The molecule has 0 radical (unpaired) electrons. The maximum Gasteiger partial charge on any atom is 0.307 e. The van der Waals surface area contributed by atoms with Crippen LogP contribution in [0.1, 0.15) is 68.1 Å². The number of ether oxygens (including phenoxy) is 1. The largest absolute Gasteiger partial charge is 0.466 e. The second-order valence-electron chi connectivity index (χ2n) is 8.12. The molecule has 1 aromatic carbocycles. The maximum atomic E-state index is 13.6. The number of carbonyl (C=O) groups excluding carboxylic acids is 1. The summed E-state index contributed by atoms with van der Waals surface area (Å²) in [5, 5.41) is 8.36. The van der Waals surface area contributed by atoms with Crippen molar-refractivity contribution in [2.45, 2.75) is 64.3 Å². The number of aromatic nitrogens is 4. The Hall–Kier alpha value is -3.10. The molecule has 4 rings (SSSR count). The summed E-state index contributed by atoms with van der Waals surface area (Å²) in [7, 11) is 0. The number of aryl methyl sites for hydroxylation is 2. The SMILES string of the molecule is CCCCOC(=O)CCn1nc(-c2nc(C3(c4ccccc4C)CC3)no2)cc1C(F)F. The molecule has 3 aromatic rings. The molecule has 32 heavy (non-hydrogen) atoms. The first-order valence-corrected chi connectivity index (χ1v) is 10.9. The molecule has 0 unspecified atom stereocenters. The zero-order chi connectivity index (χ0) is 22.7. The van der Waals surface area contributed by atoms with E-state index < -0.39 is 12.4 Å². The summed E-state index contributed by atoms with van der Waals surface area (Å²) in [5.74, 6) is 0.185. The van der Waals surface area contributed by atoms with E-state index in [-0.39, 0.29) is 35.7 Å². The van der Waals surface area contributed by atoms with Gasteiger partial charge in [-0.15, -0.1) is 0 Å². The molecule has 1 fully saturated rings. The lowest BCUT2D eigenvalue weighted by molar-refractivity contribution is -0.144. The van der Waals surface area contributed by atoms with E-state index in [1.807, 2.05) is 32.0 Å². The smallest absolute Gasteiger partial charge is 0.307 e. The lowest BCUT2D eigenvalue weighted by atomic mass is 9.91. The van der Waals surface area contributed by atoms with Gasteiger partial charge in [-0.3, -0.25) is 9.48 Å². The summed E-state index contributed by atoms with van der Waals surface area (Å²) in [6.45, 7) is 4.34. The van der Waals surface area contributed by atoms with Crippen molar-refractivity contribution < 1.29 is 22.8 Å². The molecule has 1 aliphatic carbocycles. The van der Waals surface area contributed by atoms with Gasteiger partial charge in [0.05, 0.1) is 25.0 Å². The zero-order valence-corrected chi connectivity index (χ0v) is 18.2. The molecule has 0 N–H and O–H groups in total. The quantitative estimate of drug-likeness (QED) is 0.324. The molecule has 1 saturated carbocycles. The Balaban J connectivity index is 1.53. The van der Waals surface area contributed by atoms with E-state index >= 15 is 0 Å². The number of alkyl halides is 2. The molecule has 2 heterocycles. The van der Waals surface area contributed by atoms with E-state index in [2.05, 4.69) is 21.3 Å². The van der Waals surface area contributed by atoms with E-state index in [4.69, 9.17) is 9.26 Å². The fourth-order valence-electron chi connectivity index (χ4n) is 3.86. The predicted octanol–water partition coefficient (Wildman–Crippen LogP) is 4.99. The highest BCUT2D eigenvalue weighted by atomic mass is 19.3. The number of unbranched alkanes of at least 4 members (excludes halogenated alkanes) is 1. The standard InChI is InChI=1S/C23H26F2N4O3/c1-3-4-13-31-19(30)9-12-29-18(20(24)25)14-17(27-29)21-26-22(28-32-21)23(10-11-23)16-8-6-5-7-15(16)2/h5-8,14,20H,3-4,9-13H2,1-2H3. The highest BCUT2D eigenvalue weighted by molar-refractivity contribution is 5.69. The Kier molecular flexibility index (Phi) is 6.34. The average Bonchev–Trinajstić information content (AvgIpc) is 3.22. The third kappa shape index (κ3) is 4.42. The molecular formula is C23H26F2N4O3. The van der Waals surface area contributed by atoms with Crippen molar-refractivity contribution in [3.05, 3.63) is 53.0 Å². The van der Waals surface area contributed by atoms with E-state index in [0.717, 1.165) is 41.5 Å². The third-order valence-electron chi connectivity index (χ3n) is 5.81. The minimum Gasteiger partial charge on any atom is -0.466 e. The Bertz CT molecular complexity index is 1090. The van der Waals surface area contributed by atoms with Gasteiger partial charge < -0.3 is 9.26 Å². The molecule has 0 spiro atoms. The second kappa shape index (κ2) is 9.18. The molecular weight excluding hydrogens is 418 g/mol. The summed E-state index contributed by atoms with van der Waals surface area (Å²) in [6, 6.07) is 9.29. The van der Waals surface area contributed by atoms with E-state index in [1.165, 1.54) is 6.07 Å². The first-order chi connectivity index (χ1) is 15.4. The summed E-state index contributed by atoms with van der Waals surface area (Å²) in [5.41, 5.74) is 1.85. The van der Waals surface area contributed by atoms with Gasteiger partial charge in [-0.05, 0) is 43.4 Å². The van der Waals surface area contributed by atoms with E-state index in [0.29, 0.717) is 12.4 Å². The molecule has 0 saturated heterocycles. The van der Waals surface area contributed by atoms with Crippen molar-refractivity contribution in [1.82, 2.24) is 19.9 Å². The van der Waals surface area contributed by atoms with Crippen molar-refractivity contribution >= 4 is 5.97 Å². The number of nitrogens with zero attached hydrogens (tertiary/aromatic N) is 4. The van der Waals surface area contributed by atoms with Crippen LogP contribution in [0.15, 0.2) is 34.9 Å². The highest BCUT2D eigenvalue weighted by Crippen LogP contribution is 2.53. The molecule has 2 aromatic heterocycles. The van der Waals surface area contributed by atoms with Crippen LogP contribution in [0.3, 0.4) is 0 Å². The number of hydrogen-bond acceptors (Lipinski definition) is 6. The average molecular weight is 444 g/mol. The van der Waals surface area contributed by atoms with Crippen LogP contribution in [0.5, 0.6) is 0 Å². The fraction of sp³-hybridized carbons (Fsp3) is 0.478. The minimum atomic E-state index is -2.75. The van der Waals surface area contributed by atoms with Gasteiger partial charge >= 0.3 is 5.97 Å². The molecule has 0 aliphatic heterocycles.